The molecule has 0 aliphatic rings. The molecule has 1 aromatic heterocycles. The summed E-state index contributed by atoms with van der Waals surface area (Å²) in [7, 11) is 0. The molecule has 0 fully saturated rings. The number of carboxylic acids is 1. The van der Waals surface area contributed by atoms with Gasteiger partial charge >= 0.3 is 5.97 Å². The van der Waals surface area contributed by atoms with Crippen molar-refractivity contribution >= 4 is 17.3 Å². The van der Waals surface area contributed by atoms with E-state index in [1.165, 1.54) is 11.3 Å². The van der Waals surface area contributed by atoms with Crippen LogP contribution in [-0.2, 0) is 13.0 Å². The van der Waals surface area contributed by atoms with E-state index in [4.69, 9.17) is 5.11 Å². The number of hydrogen-bond acceptors (Lipinski definition) is 4. The Labute approximate surface area is 106 Å². The lowest BCUT2D eigenvalue weighted by Crippen LogP contribution is -2.21. The van der Waals surface area contributed by atoms with Crippen LogP contribution in [0, 0.1) is 0 Å². The van der Waals surface area contributed by atoms with Gasteiger partial charge in [-0.3, -0.25) is 4.90 Å². The largest absolute Gasteiger partial charge is 0.477 e. The summed E-state index contributed by atoms with van der Waals surface area (Å²) in [5.41, 5.74) is 0.743. The van der Waals surface area contributed by atoms with Gasteiger partial charge in [0.25, 0.3) is 0 Å². The normalized spacial score (nSPS) is 11.1. The van der Waals surface area contributed by atoms with Gasteiger partial charge in [0.15, 0.2) is 0 Å². The fourth-order valence-electron chi connectivity index (χ4n) is 1.68. The number of aromatic carboxylic acids is 1. The third-order valence-corrected chi connectivity index (χ3v) is 3.75. The number of rotatable bonds is 7. The minimum Gasteiger partial charge on any atom is -0.477 e. The molecule has 0 saturated heterocycles. The van der Waals surface area contributed by atoms with E-state index in [9.17, 15) is 4.79 Å². The predicted molar refractivity (Wildman–Crippen MR) is 69.7 cm³/mol. The van der Waals surface area contributed by atoms with Crippen molar-refractivity contribution in [1.29, 1.82) is 0 Å². The molecule has 5 heteroatoms. The quantitative estimate of drug-likeness (QED) is 0.815. The molecular formula is C12H20N2O2S. The average Bonchev–Trinajstić information content (AvgIpc) is 2.69. The van der Waals surface area contributed by atoms with Crippen LogP contribution < -0.4 is 0 Å². The van der Waals surface area contributed by atoms with Gasteiger partial charge in [-0.1, -0.05) is 27.2 Å². The zero-order chi connectivity index (χ0) is 12.8. The Morgan fingerprint density at radius 2 is 2.00 bits per heavy atom. The zero-order valence-corrected chi connectivity index (χ0v) is 11.5. The number of aromatic nitrogens is 1. The second-order valence-electron chi connectivity index (χ2n) is 3.90. The maximum absolute atomic E-state index is 11.1. The van der Waals surface area contributed by atoms with Gasteiger partial charge in [0.1, 0.15) is 9.88 Å². The fourth-order valence-corrected chi connectivity index (χ4v) is 2.67. The molecule has 1 aromatic rings. The summed E-state index contributed by atoms with van der Waals surface area (Å²) in [5.74, 6) is -0.850. The Morgan fingerprint density at radius 1 is 1.35 bits per heavy atom. The molecule has 0 aliphatic carbocycles. The van der Waals surface area contributed by atoms with Crippen LogP contribution in [0.5, 0.6) is 0 Å². The first-order chi connectivity index (χ1) is 8.12. The number of carboxylic acid groups (broad SMARTS) is 1. The van der Waals surface area contributed by atoms with E-state index in [-0.39, 0.29) is 0 Å². The molecule has 1 rings (SSSR count). The van der Waals surface area contributed by atoms with Gasteiger partial charge in [-0.2, -0.15) is 0 Å². The van der Waals surface area contributed by atoms with Gasteiger partial charge in [0.05, 0.1) is 12.2 Å². The molecular weight excluding hydrogens is 236 g/mol. The molecule has 0 atom stereocenters. The number of carbonyl (C=O) groups is 1. The lowest BCUT2D eigenvalue weighted by Gasteiger charge is -2.15. The van der Waals surface area contributed by atoms with Crippen LogP contribution in [0.4, 0.5) is 0 Å². The molecule has 0 spiro atoms. The van der Waals surface area contributed by atoms with Gasteiger partial charge in [-0.25, -0.2) is 9.78 Å². The summed E-state index contributed by atoms with van der Waals surface area (Å²) in [4.78, 5) is 18.2. The molecule has 0 saturated carbocycles. The lowest BCUT2D eigenvalue weighted by molar-refractivity contribution is 0.0700. The summed E-state index contributed by atoms with van der Waals surface area (Å²) in [6, 6.07) is 0. The second kappa shape index (κ2) is 6.71. The van der Waals surface area contributed by atoms with Crippen molar-refractivity contribution in [1.82, 2.24) is 9.88 Å². The van der Waals surface area contributed by atoms with Crippen molar-refractivity contribution in [3.05, 3.63) is 15.6 Å². The number of nitrogens with zero attached hydrogens (tertiary/aromatic N) is 2. The topological polar surface area (TPSA) is 53.4 Å². The Morgan fingerprint density at radius 3 is 2.47 bits per heavy atom. The highest BCUT2D eigenvalue weighted by atomic mass is 32.1. The first kappa shape index (κ1) is 14.1. The first-order valence-electron chi connectivity index (χ1n) is 6.06. The number of thiazole rings is 1. The van der Waals surface area contributed by atoms with Gasteiger partial charge in [0, 0.05) is 0 Å². The maximum Gasteiger partial charge on any atom is 0.347 e. The Bertz CT molecular complexity index is 373. The van der Waals surface area contributed by atoms with E-state index < -0.39 is 5.97 Å². The van der Waals surface area contributed by atoms with Gasteiger partial charge in [-0.05, 0) is 19.5 Å². The molecule has 1 heterocycles. The SMILES string of the molecule is CCCc1nc(CN(CC)CC)sc1C(=O)O. The molecule has 0 amide bonds. The van der Waals surface area contributed by atoms with E-state index in [1.54, 1.807) is 0 Å². The minimum absolute atomic E-state index is 0.411. The Kier molecular flexibility index (Phi) is 5.58. The van der Waals surface area contributed by atoms with Crippen LogP contribution in [0.25, 0.3) is 0 Å². The van der Waals surface area contributed by atoms with Crippen molar-refractivity contribution in [2.75, 3.05) is 13.1 Å². The standard InChI is InChI=1S/C12H20N2O2S/c1-4-7-9-11(12(15)16)17-10(13-9)8-14(5-2)6-3/h4-8H2,1-3H3,(H,15,16). The molecule has 96 valence electrons. The van der Waals surface area contributed by atoms with Crippen molar-refractivity contribution in [2.45, 2.75) is 40.2 Å². The van der Waals surface area contributed by atoms with Gasteiger partial charge in [-0.15, -0.1) is 11.3 Å². The van der Waals surface area contributed by atoms with E-state index in [1.807, 2.05) is 6.92 Å². The van der Waals surface area contributed by atoms with Crippen molar-refractivity contribution in [3.63, 3.8) is 0 Å². The highest BCUT2D eigenvalue weighted by Crippen LogP contribution is 2.21. The lowest BCUT2D eigenvalue weighted by atomic mass is 10.2. The maximum atomic E-state index is 11.1. The molecule has 0 unspecified atom stereocenters. The van der Waals surface area contributed by atoms with Gasteiger partial charge < -0.3 is 5.11 Å². The fraction of sp³-hybridized carbons (Fsp3) is 0.667. The van der Waals surface area contributed by atoms with E-state index in [0.29, 0.717) is 4.88 Å². The number of aryl methyl sites for hydroxylation is 1. The summed E-state index contributed by atoms with van der Waals surface area (Å²) in [6.45, 7) is 8.91. The van der Waals surface area contributed by atoms with Crippen molar-refractivity contribution in [2.24, 2.45) is 0 Å². The molecule has 0 aliphatic heterocycles. The molecule has 0 bridgehead atoms. The van der Waals surface area contributed by atoms with Crippen molar-refractivity contribution in [3.8, 4) is 0 Å². The molecule has 1 N–H and O–H groups in total. The summed E-state index contributed by atoms with van der Waals surface area (Å²) >= 11 is 1.31. The molecule has 4 nitrogen and oxygen atoms in total. The van der Waals surface area contributed by atoms with E-state index >= 15 is 0 Å². The van der Waals surface area contributed by atoms with Crippen LogP contribution in [0.1, 0.15) is 47.6 Å². The Hall–Kier alpha value is -0.940. The summed E-state index contributed by atoms with van der Waals surface area (Å²) in [6.07, 6.45) is 1.67. The van der Waals surface area contributed by atoms with Crippen LogP contribution in [0.3, 0.4) is 0 Å². The predicted octanol–water partition coefficient (Wildman–Crippen LogP) is 2.64. The van der Waals surface area contributed by atoms with Gasteiger partial charge in [0.2, 0.25) is 0 Å². The first-order valence-corrected chi connectivity index (χ1v) is 6.88. The van der Waals surface area contributed by atoms with E-state index in [2.05, 4.69) is 23.7 Å². The second-order valence-corrected chi connectivity index (χ2v) is 4.98. The third kappa shape index (κ3) is 3.78. The molecule has 17 heavy (non-hydrogen) atoms. The zero-order valence-electron chi connectivity index (χ0n) is 10.7. The minimum atomic E-state index is -0.850. The highest BCUT2D eigenvalue weighted by molar-refractivity contribution is 7.13. The summed E-state index contributed by atoms with van der Waals surface area (Å²) in [5, 5.41) is 10.0. The molecule has 0 radical (unpaired) electrons. The Balaban J connectivity index is 2.87. The van der Waals surface area contributed by atoms with Crippen LogP contribution in [0.2, 0.25) is 0 Å². The third-order valence-electron chi connectivity index (χ3n) is 2.68. The molecule has 0 aromatic carbocycles. The van der Waals surface area contributed by atoms with Crippen LogP contribution in [0.15, 0.2) is 0 Å². The van der Waals surface area contributed by atoms with Crippen LogP contribution in [-0.4, -0.2) is 34.0 Å². The van der Waals surface area contributed by atoms with E-state index in [0.717, 1.165) is 43.2 Å². The number of hydrogen-bond donors (Lipinski definition) is 1. The smallest absolute Gasteiger partial charge is 0.347 e. The summed E-state index contributed by atoms with van der Waals surface area (Å²) < 4.78 is 0. The van der Waals surface area contributed by atoms with Crippen LogP contribution >= 0.6 is 11.3 Å². The van der Waals surface area contributed by atoms with Crippen molar-refractivity contribution < 1.29 is 9.90 Å². The average molecular weight is 256 g/mol. The highest BCUT2D eigenvalue weighted by Gasteiger charge is 2.17. The monoisotopic (exact) mass is 256 g/mol.